The minimum Gasteiger partial charge on any atom is -0.103 e. The van der Waals surface area contributed by atoms with E-state index in [1.807, 2.05) is 6.08 Å². The number of rotatable bonds is 12. The van der Waals surface area contributed by atoms with Gasteiger partial charge in [0.05, 0.1) is 0 Å². The SMILES string of the molecule is C=CCC/C=C/CCCCCCCCCC. The average molecular weight is 222 g/mol. The summed E-state index contributed by atoms with van der Waals surface area (Å²) in [5, 5.41) is 0. The standard InChI is InChI=1S/C16H30/c1-3-5-7-9-11-13-15-16-14-12-10-8-6-4-2/h3,9,11H,1,4-8,10,12-16H2,2H3/b11-9+. The average Bonchev–Trinajstić information content (AvgIpc) is 2.31. The van der Waals surface area contributed by atoms with Crippen molar-refractivity contribution in [1.29, 1.82) is 0 Å². The Morgan fingerprint density at radius 3 is 1.88 bits per heavy atom. The van der Waals surface area contributed by atoms with Crippen molar-refractivity contribution in [1.82, 2.24) is 0 Å². The molecule has 0 rings (SSSR count). The molecule has 0 aliphatic carbocycles. The maximum atomic E-state index is 3.72. The van der Waals surface area contributed by atoms with E-state index in [9.17, 15) is 0 Å². The Morgan fingerprint density at radius 2 is 1.25 bits per heavy atom. The van der Waals surface area contributed by atoms with E-state index in [-0.39, 0.29) is 0 Å². The molecule has 0 bridgehead atoms. The van der Waals surface area contributed by atoms with E-state index in [1.54, 1.807) is 0 Å². The van der Waals surface area contributed by atoms with Crippen molar-refractivity contribution in [2.24, 2.45) is 0 Å². The minimum atomic E-state index is 1.12. The fraction of sp³-hybridized carbons (Fsp3) is 0.750. The molecule has 0 heteroatoms. The Hall–Kier alpha value is -0.520. The van der Waals surface area contributed by atoms with Gasteiger partial charge in [-0.15, -0.1) is 6.58 Å². The van der Waals surface area contributed by atoms with E-state index in [0.717, 1.165) is 6.42 Å². The molecule has 0 atom stereocenters. The largest absolute Gasteiger partial charge is 0.103 e. The molecular weight excluding hydrogens is 192 g/mol. The first kappa shape index (κ1) is 15.5. The Morgan fingerprint density at radius 1 is 0.688 bits per heavy atom. The molecule has 0 saturated carbocycles. The van der Waals surface area contributed by atoms with Crippen LogP contribution in [0.1, 0.15) is 77.6 Å². The molecule has 0 aromatic carbocycles. The Balaban J connectivity index is 2.98. The van der Waals surface area contributed by atoms with Crippen LogP contribution >= 0.6 is 0 Å². The van der Waals surface area contributed by atoms with Gasteiger partial charge in [-0.1, -0.05) is 70.1 Å². The maximum Gasteiger partial charge on any atom is -0.0316 e. The first-order valence-corrected chi connectivity index (χ1v) is 7.17. The summed E-state index contributed by atoms with van der Waals surface area (Å²) in [5.74, 6) is 0. The van der Waals surface area contributed by atoms with Crippen LogP contribution in [0.15, 0.2) is 24.8 Å². The van der Waals surface area contributed by atoms with Crippen molar-refractivity contribution in [3.63, 3.8) is 0 Å². The highest BCUT2D eigenvalue weighted by atomic mass is 14.0. The van der Waals surface area contributed by atoms with E-state index in [2.05, 4.69) is 25.7 Å². The van der Waals surface area contributed by atoms with Crippen molar-refractivity contribution in [2.45, 2.75) is 77.6 Å². The van der Waals surface area contributed by atoms with Gasteiger partial charge in [-0.2, -0.15) is 0 Å². The molecular formula is C16H30. The lowest BCUT2D eigenvalue weighted by molar-refractivity contribution is 0.577. The summed E-state index contributed by atoms with van der Waals surface area (Å²) in [7, 11) is 0. The van der Waals surface area contributed by atoms with Gasteiger partial charge < -0.3 is 0 Å². The molecule has 0 aliphatic rings. The third-order valence-corrected chi connectivity index (χ3v) is 2.93. The second kappa shape index (κ2) is 14.5. The van der Waals surface area contributed by atoms with Crippen LogP contribution in [0.3, 0.4) is 0 Å². The van der Waals surface area contributed by atoms with Gasteiger partial charge in [0.2, 0.25) is 0 Å². The van der Waals surface area contributed by atoms with E-state index in [0.29, 0.717) is 0 Å². The highest BCUT2D eigenvalue weighted by molar-refractivity contribution is 4.84. The molecule has 0 aliphatic heterocycles. The number of unbranched alkanes of at least 4 members (excludes halogenated alkanes) is 9. The summed E-state index contributed by atoms with van der Waals surface area (Å²) >= 11 is 0. The molecule has 0 fully saturated rings. The molecule has 94 valence electrons. The molecule has 0 heterocycles. The fourth-order valence-electron chi connectivity index (χ4n) is 1.85. The van der Waals surface area contributed by atoms with Gasteiger partial charge in [-0.25, -0.2) is 0 Å². The first-order chi connectivity index (χ1) is 7.91. The van der Waals surface area contributed by atoms with Crippen LogP contribution in [0.2, 0.25) is 0 Å². The highest BCUT2D eigenvalue weighted by Crippen LogP contribution is 2.09. The summed E-state index contributed by atoms with van der Waals surface area (Å²) in [6, 6.07) is 0. The predicted octanol–water partition coefficient (Wildman–Crippen LogP) is 6.04. The Labute approximate surface area is 103 Å². The zero-order valence-electron chi connectivity index (χ0n) is 11.2. The second-order valence-electron chi connectivity index (χ2n) is 4.60. The predicted molar refractivity (Wildman–Crippen MR) is 75.8 cm³/mol. The molecule has 0 saturated heterocycles. The van der Waals surface area contributed by atoms with Gasteiger partial charge in [0.25, 0.3) is 0 Å². The number of allylic oxidation sites excluding steroid dienone is 3. The van der Waals surface area contributed by atoms with Gasteiger partial charge in [0.1, 0.15) is 0 Å². The third kappa shape index (κ3) is 13.5. The van der Waals surface area contributed by atoms with Crippen LogP contribution in [-0.2, 0) is 0 Å². The van der Waals surface area contributed by atoms with Gasteiger partial charge in [-0.05, 0) is 25.7 Å². The van der Waals surface area contributed by atoms with Crippen LogP contribution in [0.4, 0.5) is 0 Å². The molecule has 0 aromatic rings. The zero-order valence-corrected chi connectivity index (χ0v) is 11.2. The van der Waals surface area contributed by atoms with Gasteiger partial charge in [-0.3, -0.25) is 0 Å². The third-order valence-electron chi connectivity index (χ3n) is 2.93. The molecule has 0 unspecified atom stereocenters. The van der Waals surface area contributed by atoms with Crippen molar-refractivity contribution in [2.75, 3.05) is 0 Å². The van der Waals surface area contributed by atoms with Crippen molar-refractivity contribution >= 4 is 0 Å². The topological polar surface area (TPSA) is 0 Å². The Bertz CT molecular complexity index is 155. The van der Waals surface area contributed by atoms with Crippen molar-refractivity contribution in [3.8, 4) is 0 Å². The first-order valence-electron chi connectivity index (χ1n) is 7.17. The summed E-state index contributed by atoms with van der Waals surface area (Å²) in [5.41, 5.74) is 0. The van der Waals surface area contributed by atoms with Gasteiger partial charge >= 0.3 is 0 Å². The summed E-state index contributed by atoms with van der Waals surface area (Å²) in [6.07, 6.45) is 21.5. The molecule has 0 spiro atoms. The minimum absolute atomic E-state index is 1.12. The normalized spacial score (nSPS) is 11.1. The Kier molecular flexibility index (Phi) is 14.0. The highest BCUT2D eigenvalue weighted by Gasteiger charge is 1.90. The van der Waals surface area contributed by atoms with Crippen molar-refractivity contribution in [3.05, 3.63) is 24.8 Å². The van der Waals surface area contributed by atoms with E-state index < -0.39 is 0 Å². The smallest absolute Gasteiger partial charge is 0.0316 e. The summed E-state index contributed by atoms with van der Waals surface area (Å²) < 4.78 is 0. The van der Waals surface area contributed by atoms with Crippen LogP contribution in [0, 0.1) is 0 Å². The molecule has 16 heavy (non-hydrogen) atoms. The van der Waals surface area contributed by atoms with Crippen LogP contribution < -0.4 is 0 Å². The van der Waals surface area contributed by atoms with Gasteiger partial charge in [0, 0.05) is 0 Å². The number of hydrogen-bond donors (Lipinski definition) is 0. The lowest BCUT2D eigenvalue weighted by Gasteiger charge is -1.99. The summed E-state index contributed by atoms with van der Waals surface area (Å²) in [6.45, 7) is 5.99. The monoisotopic (exact) mass is 222 g/mol. The van der Waals surface area contributed by atoms with Crippen LogP contribution in [-0.4, -0.2) is 0 Å². The fourth-order valence-corrected chi connectivity index (χ4v) is 1.85. The zero-order chi connectivity index (χ0) is 11.9. The van der Waals surface area contributed by atoms with E-state index >= 15 is 0 Å². The molecule has 0 amide bonds. The van der Waals surface area contributed by atoms with Crippen LogP contribution in [0.25, 0.3) is 0 Å². The summed E-state index contributed by atoms with van der Waals surface area (Å²) in [4.78, 5) is 0. The maximum absolute atomic E-state index is 3.72. The molecule has 0 N–H and O–H groups in total. The van der Waals surface area contributed by atoms with E-state index in [1.165, 1.54) is 64.2 Å². The quantitative estimate of drug-likeness (QED) is 0.279. The molecule has 0 nitrogen and oxygen atoms in total. The molecule has 0 radical (unpaired) electrons. The van der Waals surface area contributed by atoms with E-state index in [4.69, 9.17) is 0 Å². The lowest BCUT2D eigenvalue weighted by atomic mass is 10.1. The lowest BCUT2D eigenvalue weighted by Crippen LogP contribution is -1.79. The van der Waals surface area contributed by atoms with Gasteiger partial charge in [0.15, 0.2) is 0 Å². The number of hydrogen-bond acceptors (Lipinski definition) is 0. The van der Waals surface area contributed by atoms with Crippen molar-refractivity contribution < 1.29 is 0 Å². The second-order valence-corrected chi connectivity index (χ2v) is 4.60. The van der Waals surface area contributed by atoms with Crippen LogP contribution in [0.5, 0.6) is 0 Å². The molecule has 0 aromatic heterocycles.